The topological polar surface area (TPSA) is 122 Å². The van der Waals surface area contributed by atoms with Crippen molar-refractivity contribution in [2.45, 2.75) is 31.5 Å². The van der Waals surface area contributed by atoms with Crippen LogP contribution >= 0.6 is 0 Å². The number of carbonyl (C=O) groups excluding carboxylic acids is 4. The quantitative estimate of drug-likeness (QED) is 0.653. The van der Waals surface area contributed by atoms with E-state index in [9.17, 15) is 19.2 Å². The van der Waals surface area contributed by atoms with E-state index in [2.05, 4.69) is 10.2 Å². The van der Waals surface area contributed by atoms with Crippen molar-refractivity contribution >= 4 is 23.6 Å². The van der Waals surface area contributed by atoms with E-state index in [1.807, 2.05) is 6.07 Å². The summed E-state index contributed by atoms with van der Waals surface area (Å²) in [5, 5.41) is 2.21. The summed E-state index contributed by atoms with van der Waals surface area (Å²) in [5.41, 5.74) is 7.08. The van der Waals surface area contributed by atoms with Crippen molar-refractivity contribution in [1.82, 2.24) is 15.1 Å². The first-order valence-electron chi connectivity index (χ1n) is 9.37. The predicted molar refractivity (Wildman–Crippen MR) is 97.2 cm³/mol. The Kier molecular flexibility index (Phi) is 4.96. The van der Waals surface area contributed by atoms with Gasteiger partial charge in [-0.15, -0.1) is 0 Å². The fourth-order valence-corrected chi connectivity index (χ4v) is 4.02. The van der Waals surface area contributed by atoms with E-state index in [-0.39, 0.29) is 24.9 Å². The van der Waals surface area contributed by atoms with Crippen LogP contribution in [0.15, 0.2) is 18.2 Å². The monoisotopic (exact) mass is 386 g/mol. The zero-order valence-electron chi connectivity index (χ0n) is 15.3. The lowest BCUT2D eigenvalue weighted by Gasteiger charge is -2.32. The first-order valence-corrected chi connectivity index (χ1v) is 9.37. The first-order chi connectivity index (χ1) is 13.5. The van der Waals surface area contributed by atoms with Crippen LogP contribution in [0.4, 0.5) is 0 Å². The molecule has 3 N–H and O–H groups in total. The Morgan fingerprint density at radius 1 is 1.18 bits per heavy atom. The molecule has 0 radical (unpaired) electrons. The van der Waals surface area contributed by atoms with Gasteiger partial charge in [0.15, 0.2) is 0 Å². The van der Waals surface area contributed by atoms with Crippen LogP contribution in [0.1, 0.15) is 39.1 Å². The molecule has 3 aliphatic rings. The average molecular weight is 386 g/mol. The molecule has 2 saturated heterocycles. The highest BCUT2D eigenvalue weighted by Gasteiger charge is 2.45. The molecule has 0 aliphatic carbocycles. The summed E-state index contributed by atoms with van der Waals surface area (Å²) in [6.45, 7) is 2.83. The minimum atomic E-state index is -0.956. The van der Waals surface area contributed by atoms with E-state index in [1.165, 1.54) is 0 Å². The number of benzene rings is 1. The van der Waals surface area contributed by atoms with Crippen LogP contribution in [0.2, 0.25) is 0 Å². The van der Waals surface area contributed by atoms with Crippen molar-refractivity contribution in [3.05, 3.63) is 34.9 Å². The third kappa shape index (κ3) is 3.21. The van der Waals surface area contributed by atoms with Crippen molar-refractivity contribution in [2.75, 3.05) is 26.2 Å². The smallest absolute Gasteiger partial charge is 0.262 e. The number of nitrogens with one attached hydrogen (secondary N) is 1. The maximum Gasteiger partial charge on any atom is 0.262 e. The number of ether oxygens (including phenoxy) is 1. The first kappa shape index (κ1) is 18.7. The molecule has 2 atom stereocenters. The summed E-state index contributed by atoms with van der Waals surface area (Å²) in [4.78, 5) is 52.7. The standard InChI is InChI=1S/C19H22N4O5/c20-8-12-10-22(6-7-28-12)9-11-2-1-3-13-16(11)19(27)23(18(13)26)14-4-5-15(24)21-17(14)25/h1-3,12,14H,4-10,20H2,(H,21,24,25)/t12-,14?/m0/s1. The van der Waals surface area contributed by atoms with Gasteiger partial charge in [-0.25, -0.2) is 0 Å². The number of nitrogens with zero attached hydrogens (tertiary/aromatic N) is 2. The largest absolute Gasteiger partial charge is 0.374 e. The molecule has 1 aromatic rings. The number of fused-ring (bicyclic) bond motifs is 1. The van der Waals surface area contributed by atoms with E-state index < -0.39 is 23.8 Å². The van der Waals surface area contributed by atoms with Gasteiger partial charge in [0.1, 0.15) is 6.04 Å². The van der Waals surface area contributed by atoms with Crippen LogP contribution in [-0.2, 0) is 20.9 Å². The Bertz CT molecular complexity index is 855. The van der Waals surface area contributed by atoms with Gasteiger partial charge < -0.3 is 10.5 Å². The maximum absolute atomic E-state index is 13.1. The Labute approximate surface area is 161 Å². The number of nitrogens with two attached hydrogens (primary N) is 1. The minimum absolute atomic E-state index is 0.0529. The van der Waals surface area contributed by atoms with Crippen LogP contribution in [0.3, 0.4) is 0 Å². The fourth-order valence-electron chi connectivity index (χ4n) is 4.02. The van der Waals surface area contributed by atoms with Gasteiger partial charge in [-0.1, -0.05) is 12.1 Å². The second-order valence-electron chi connectivity index (χ2n) is 7.25. The molecule has 3 aliphatic heterocycles. The number of morpholine rings is 1. The van der Waals surface area contributed by atoms with Gasteiger partial charge in [-0.2, -0.15) is 0 Å². The molecule has 1 unspecified atom stereocenters. The average Bonchev–Trinajstić information content (AvgIpc) is 2.94. The van der Waals surface area contributed by atoms with Gasteiger partial charge in [-0.3, -0.25) is 34.3 Å². The van der Waals surface area contributed by atoms with Gasteiger partial charge in [0.25, 0.3) is 11.8 Å². The molecule has 4 rings (SSSR count). The number of piperidine rings is 1. The number of carbonyl (C=O) groups is 4. The highest BCUT2D eigenvalue weighted by Crippen LogP contribution is 2.30. The molecule has 9 heteroatoms. The van der Waals surface area contributed by atoms with Crippen LogP contribution in [0.25, 0.3) is 0 Å². The van der Waals surface area contributed by atoms with Crippen LogP contribution in [-0.4, -0.2) is 71.8 Å². The van der Waals surface area contributed by atoms with Gasteiger partial charge in [0, 0.05) is 32.6 Å². The van der Waals surface area contributed by atoms with E-state index >= 15 is 0 Å². The molecule has 9 nitrogen and oxygen atoms in total. The van der Waals surface area contributed by atoms with Gasteiger partial charge >= 0.3 is 0 Å². The molecule has 0 aromatic heterocycles. The van der Waals surface area contributed by atoms with Gasteiger partial charge in [-0.05, 0) is 18.1 Å². The molecule has 1 aromatic carbocycles. The van der Waals surface area contributed by atoms with Crippen LogP contribution in [0, 0.1) is 0 Å². The Morgan fingerprint density at radius 2 is 2.00 bits per heavy atom. The third-order valence-electron chi connectivity index (χ3n) is 5.43. The summed E-state index contributed by atoms with van der Waals surface area (Å²) in [6.07, 6.45) is 0.195. The second-order valence-corrected chi connectivity index (χ2v) is 7.25. The molecule has 3 heterocycles. The Balaban J connectivity index is 1.59. The maximum atomic E-state index is 13.1. The molecular formula is C19H22N4O5. The fraction of sp³-hybridized carbons (Fsp3) is 0.474. The highest BCUT2D eigenvalue weighted by atomic mass is 16.5. The number of amides is 4. The minimum Gasteiger partial charge on any atom is -0.374 e. The molecule has 0 spiro atoms. The normalized spacial score (nSPS) is 25.8. The van der Waals surface area contributed by atoms with E-state index in [0.717, 1.165) is 10.5 Å². The number of hydrogen-bond donors (Lipinski definition) is 2. The number of rotatable bonds is 4. The van der Waals surface area contributed by atoms with Gasteiger partial charge in [0.2, 0.25) is 11.8 Å². The zero-order valence-corrected chi connectivity index (χ0v) is 15.3. The highest BCUT2D eigenvalue weighted by molar-refractivity contribution is 6.24. The Morgan fingerprint density at radius 3 is 2.75 bits per heavy atom. The summed E-state index contributed by atoms with van der Waals surface area (Å²) < 4.78 is 5.57. The third-order valence-corrected chi connectivity index (χ3v) is 5.43. The summed E-state index contributed by atoms with van der Waals surface area (Å²) in [7, 11) is 0. The van der Waals surface area contributed by atoms with Crippen molar-refractivity contribution in [3.63, 3.8) is 0 Å². The van der Waals surface area contributed by atoms with Crippen molar-refractivity contribution in [3.8, 4) is 0 Å². The summed E-state index contributed by atoms with van der Waals surface area (Å²) in [6, 6.07) is 4.22. The lowest BCUT2D eigenvalue weighted by atomic mass is 10.0. The van der Waals surface area contributed by atoms with E-state index in [0.29, 0.717) is 43.9 Å². The van der Waals surface area contributed by atoms with Crippen LogP contribution in [0.5, 0.6) is 0 Å². The summed E-state index contributed by atoms with van der Waals surface area (Å²) >= 11 is 0. The lowest BCUT2D eigenvalue weighted by Crippen LogP contribution is -2.54. The number of hydrogen-bond acceptors (Lipinski definition) is 7. The molecular weight excluding hydrogens is 364 g/mol. The number of imide groups is 2. The molecule has 0 bridgehead atoms. The predicted octanol–water partition coefficient (Wildman–Crippen LogP) is -0.753. The van der Waals surface area contributed by atoms with Crippen molar-refractivity contribution in [2.24, 2.45) is 5.73 Å². The second kappa shape index (κ2) is 7.42. The van der Waals surface area contributed by atoms with E-state index in [4.69, 9.17) is 10.5 Å². The van der Waals surface area contributed by atoms with Crippen molar-refractivity contribution in [1.29, 1.82) is 0 Å². The molecule has 0 saturated carbocycles. The van der Waals surface area contributed by atoms with Gasteiger partial charge in [0.05, 0.1) is 23.8 Å². The zero-order chi connectivity index (χ0) is 19.8. The van der Waals surface area contributed by atoms with Crippen LogP contribution < -0.4 is 11.1 Å². The lowest BCUT2D eigenvalue weighted by molar-refractivity contribution is -0.136. The molecule has 4 amide bonds. The Hall–Kier alpha value is -2.62. The molecule has 28 heavy (non-hydrogen) atoms. The molecule has 148 valence electrons. The van der Waals surface area contributed by atoms with E-state index in [1.54, 1.807) is 12.1 Å². The SMILES string of the molecule is NC[C@H]1CN(Cc2cccc3c2C(=O)N(C2CCC(=O)NC2=O)C3=O)CCO1. The summed E-state index contributed by atoms with van der Waals surface area (Å²) in [5.74, 6) is -1.96. The molecule has 2 fully saturated rings. The van der Waals surface area contributed by atoms with Crippen molar-refractivity contribution < 1.29 is 23.9 Å².